The molecule has 70 valence electrons. The number of carbonyl (C=O) groups is 1. The van der Waals surface area contributed by atoms with Gasteiger partial charge in [0.2, 0.25) is 0 Å². The van der Waals surface area contributed by atoms with Crippen molar-refractivity contribution in [3.05, 3.63) is 16.3 Å². The SMILES string of the molecule is CN(c1csc(C(=O)O)c1)C1CC1. The van der Waals surface area contributed by atoms with Crippen molar-refractivity contribution in [2.75, 3.05) is 11.9 Å². The molecule has 0 aromatic carbocycles. The predicted molar refractivity (Wildman–Crippen MR) is 52.7 cm³/mol. The third kappa shape index (κ3) is 1.67. The molecule has 1 aromatic heterocycles. The summed E-state index contributed by atoms with van der Waals surface area (Å²) in [5.74, 6) is -0.833. The zero-order valence-corrected chi connectivity index (χ0v) is 8.17. The van der Waals surface area contributed by atoms with E-state index in [0.717, 1.165) is 5.69 Å². The number of anilines is 1. The Morgan fingerprint density at radius 3 is 2.85 bits per heavy atom. The minimum Gasteiger partial charge on any atom is -0.477 e. The molecular weight excluding hydrogens is 186 g/mol. The zero-order valence-electron chi connectivity index (χ0n) is 7.36. The van der Waals surface area contributed by atoms with Crippen LogP contribution in [0.15, 0.2) is 11.4 Å². The van der Waals surface area contributed by atoms with Crippen LogP contribution in [0.5, 0.6) is 0 Å². The van der Waals surface area contributed by atoms with Crippen molar-refractivity contribution in [3.8, 4) is 0 Å². The number of hydrogen-bond donors (Lipinski definition) is 1. The number of carboxylic acids is 1. The fraction of sp³-hybridized carbons (Fsp3) is 0.444. The molecule has 1 heterocycles. The predicted octanol–water partition coefficient (Wildman–Crippen LogP) is 2.04. The topological polar surface area (TPSA) is 40.5 Å². The molecule has 0 unspecified atom stereocenters. The van der Waals surface area contributed by atoms with Crippen molar-refractivity contribution < 1.29 is 9.90 Å². The first-order valence-corrected chi connectivity index (χ1v) is 5.11. The number of hydrogen-bond acceptors (Lipinski definition) is 3. The van der Waals surface area contributed by atoms with Crippen LogP contribution in [-0.2, 0) is 0 Å². The van der Waals surface area contributed by atoms with Gasteiger partial charge in [0.1, 0.15) is 4.88 Å². The van der Waals surface area contributed by atoms with Crippen LogP contribution in [-0.4, -0.2) is 24.2 Å². The van der Waals surface area contributed by atoms with Gasteiger partial charge >= 0.3 is 5.97 Å². The van der Waals surface area contributed by atoms with Crippen LogP contribution in [0.2, 0.25) is 0 Å². The quantitative estimate of drug-likeness (QED) is 0.806. The molecule has 1 aromatic rings. The summed E-state index contributed by atoms with van der Waals surface area (Å²) in [4.78, 5) is 13.2. The highest BCUT2D eigenvalue weighted by atomic mass is 32.1. The smallest absolute Gasteiger partial charge is 0.345 e. The van der Waals surface area contributed by atoms with E-state index < -0.39 is 5.97 Å². The Kier molecular flexibility index (Phi) is 2.00. The number of aromatic carboxylic acids is 1. The van der Waals surface area contributed by atoms with Crippen molar-refractivity contribution in [1.82, 2.24) is 0 Å². The Hall–Kier alpha value is -1.03. The second-order valence-corrected chi connectivity index (χ2v) is 4.23. The average molecular weight is 197 g/mol. The van der Waals surface area contributed by atoms with Gasteiger partial charge < -0.3 is 10.0 Å². The summed E-state index contributed by atoms with van der Waals surface area (Å²) in [5, 5.41) is 10.6. The van der Waals surface area contributed by atoms with Gasteiger partial charge in [-0.2, -0.15) is 0 Å². The van der Waals surface area contributed by atoms with Crippen molar-refractivity contribution >= 4 is 23.0 Å². The second kappa shape index (κ2) is 3.03. The van der Waals surface area contributed by atoms with Crippen LogP contribution in [0.1, 0.15) is 22.5 Å². The molecule has 1 saturated carbocycles. The lowest BCUT2D eigenvalue weighted by atomic mass is 10.4. The summed E-state index contributed by atoms with van der Waals surface area (Å²) < 4.78 is 0. The van der Waals surface area contributed by atoms with Crippen LogP contribution in [0.4, 0.5) is 5.69 Å². The van der Waals surface area contributed by atoms with E-state index in [0.29, 0.717) is 10.9 Å². The maximum atomic E-state index is 10.6. The van der Waals surface area contributed by atoms with Gasteiger partial charge in [-0.05, 0) is 18.9 Å². The first kappa shape index (κ1) is 8.56. The average Bonchev–Trinajstić information content (AvgIpc) is 2.81. The number of rotatable bonds is 3. The molecule has 0 radical (unpaired) electrons. The molecule has 4 heteroatoms. The molecule has 1 aliphatic rings. The van der Waals surface area contributed by atoms with Gasteiger partial charge in [0.05, 0.1) is 0 Å². The van der Waals surface area contributed by atoms with Gasteiger partial charge in [-0.3, -0.25) is 0 Å². The number of carboxylic acid groups (broad SMARTS) is 1. The third-order valence-corrected chi connectivity index (χ3v) is 3.20. The fourth-order valence-corrected chi connectivity index (χ4v) is 2.07. The molecule has 13 heavy (non-hydrogen) atoms. The number of thiophene rings is 1. The van der Waals surface area contributed by atoms with Gasteiger partial charge in [-0.15, -0.1) is 11.3 Å². The van der Waals surface area contributed by atoms with E-state index in [1.807, 2.05) is 12.4 Å². The minimum absolute atomic E-state index is 0.419. The van der Waals surface area contributed by atoms with E-state index in [1.54, 1.807) is 6.07 Å². The second-order valence-electron chi connectivity index (χ2n) is 3.32. The Balaban J connectivity index is 2.16. The zero-order chi connectivity index (χ0) is 9.42. The van der Waals surface area contributed by atoms with Crippen LogP contribution in [0.3, 0.4) is 0 Å². The molecule has 0 saturated heterocycles. The van der Waals surface area contributed by atoms with Crippen LogP contribution >= 0.6 is 11.3 Å². The van der Waals surface area contributed by atoms with Crippen molar-refractivity contribution in [2.45, 2.75) is 18.9 Å². The summed E-state index contributed by atoms with van der Waals surface area (Å²) in [6.07, 6.45) is 2.46. The van der Waals surface area contributed by atoms with E-state index in [4.69, 9.17) is 5.11 Å². The monoisotopic (exact) mass is 197 g/mol. The van der Waals surface area contributed by atoms with Crippen molar-refractivity contribution in [3.63, 3.8) is 0 Å². The Morgan fingerprint density at radius 2 is 2.38 bits per heavy atom. The molecule has 0 atom stereocenters. The lowest BCUT2D eigenvalue weighted by Gasteiger charge is -2.15. The molecule has 1 N–H and O–H groups in total. The van der Waals surface area contributed by atoms with Gasteiger partial charge in [0, 0.05) is 24.2 Å². The minimum atomic E-state index is -0.833. The van der Waals surface area contributed by atoms with Crippen LogP contribution in [0.25, 0.3) is 0 Å². The Morgan fingerprint density at radius 1 is 1.69 bits per heavy atom. The standard InChI is InChI=1S/C9H11NO2S/c1-10(6-2-3-6)7-4-8(9(11)12)13-5-7/h4-6H,2-3H2,1H3,(H,11,12). The maximum absolute atomic E-state index is 10.6. The summed E-state index contributed by atoms with van der Waals surface area (Å²) in [6.45, 7) is 0. The largest absolute Gasteiger partial charge is 0.477 e. The molecule has 1 fully saturated rings. The normalized spacial score (nSPS) is 15.8. The summed E-state index contributed by atoms with van der Waals surface area (Å²) in [7, 11) is 2.02. The van der Waals surface area contributed by atoms with E-state index in [1.165, 1.54) is 24.2 Å². The number of nitrogens with zero attached hydrogens (tertiary/aromatic N) is 1. The summed E-state index contributed by atoms with van der Waals surface area (Å²) >= 11 is 1.29. The van der Waals surface area contributed by atoms with Gasteiger partial charge in [-0.1, -0.05) is 0 Å². The Labute approximate surface area is 80.6 Å². The molecule has 1 aliphatic carbocycles. The van der Waals surface area contributed by atoms with Gasteiger partial charge in [0.25, 0.3) is 0 Å². The maximum Gasteiger partial charge on any atom is 0.345 e. The highest BCUT2D eigenvalue weighted by molar-refractivity contribution is 7.12. The highest BCUT2D eigenvalue weighted by Gasteiger charge is 2.27. The molecular formula is C9H11NO2S. The first-order valence-electron chi connectivity index (χ1n) is 4.23. The first-order chi connectivity index (χ1) is 6.18. The van der Waals surface area contributed by atoms with Crippen LogP contribution < -0.4 is 4.90 Å². The Bertz CT molecular complexity index is 330. The molecule has 0 spiro atoms. The molecule has 2 rings (SSSR count). The molecule has 0 bridgehead atoms. The highest BCUT2D eigenvalue weighted by Crippen LogP contribution is 2.32. The molecule has 0 aliphatic heterocycles. The molecule has 0 amide bonds. The van der Waals surface area contributed by atoms with E-state index in [-0.39, 0.29) is 0 Å². The van der Waals surface area contributed by atoms with Gasteiger partial charge in [-0.25, -0.2) is 4.79 Å². The van der Waals surface area contributed by atoms with E-state index in [9.17, 15) is 4.79 Å². The van der Waals surface area contributed by atoms with Crippen LogP contribution in [0, 0.1) is 0 Å². The lowest BCUT2D eigenvalue weighted by Crippen LogP contribution is -2.18. The van der Waals surface area contributed by atoms with E-state index >= 15 is 0 Å². The fourth-order valence-electron chi connectivity index (χ4n) is 1.30. The summed E-state index contributed by atoms with van der Waals surface area (Å²) in [5.41, 5.74) is 1.03. The van der Waals surface area contributed by atoms with Gasteiger partial charge in [0.15, 0.2) is 0 Å². The molecule has 3 nitrogen and oxygen atoms in total. The lowest BCUT2D eigenvalue weighted by molar-refractivity contribution is 0.0702. The summed E-state index contributed by atoms with van der Waals surface area (Å²) in [6, 6.07) is 2.38. The van der Waals surface area contributed by atoms with Crippen molar-refractivity contribution in [2.24, 2.45) is 0 Å². The van der Waals surface area contributed by atoms with Crippen molar-refractivity contribution in [1.29, 1.82) is 0 Å². The third-order valence-electron chi connectivity index (χ3n) is 2.30. The van der Waals surface area contributed by atoms with E-state index in [2.05, 4.69) is 4.90 Å².